The van der Waals surface area contributed by atoms with Gasteiger partial charge in [-0.2, -0.15) is 0 Å². The maximum atomic E-state index is 10.3. The van der Waals surface area contributed by atoms with E-state index in [9.17, 15) is 11.0 Å². The minimum Gasteiger partial charge on any atom is -0.456 e. The van der Waals surface area contributed by atoms with E-state index < -0.39 is 65.9 Å². The predicted molar refractivity (Wildman–Crippen MR) is 453 cm³/mol. The molecule has 0 saturated heterocycles. The van der Waals surface area contributed by atoms with Gasteiger partial charge >= 0.3 is 0 Å². The first kappa shape index (κ1) is 51.9. The third-order valence-corrected chi connectivity index (χ3v) is 25.2. The lowest BCUT2D eigenvalue weighted by atomic mass is 9.33. The van der Waals surface area contributed by atoms with E-state index >= 15 is 0 Å². The topological polar surface area (TPSA) is 37.7 Å². The number of fused-ring (bicyclic) bond motifs is 33. The molecule has 5 heterocycles. The van der Waals surface area contributed by atoms with Crippen LogP contribution in [0.4, 0.5) is 34.1 Å². The van der Waals surface area contributed by atoms with Crippen molar-refractivity contribution < 1.29 is 19.8 Å². The summed E-state index contributed by atoms with van der Waals surface area (Å²) in [6.45, 7) is -0.542. The van der Waals surface area contributed by atoms with Gasteiger partial charge in [-0.1, -0.05) is 279 Å². The fourth-order valence-electron chi connectivity index (χ4n) is 21.1. The zero-order valence-corrected chi connectivity index (χ0v) is 58.8. The molecule has 0 saturated carbocycles. The summed E-state index contributed by atoms with van der Waals surface area (Å²) in [5.41, 5.74) is 31.7. The van der Waals surface area contributed by atoms with Crippen molar-refractivity contribution in [2.75, 3.05) is 9.80 Å². The molecule has 0 unspecified atom stereocenters. The maximum absolute atomic E-state index is 10.3. The molecular weight excluding hydrogens is 1330 g/mol. The normalized spacial score (nSPS) is 15.3. The Bertz CT molecular complexity index is 7480. The van der Waals surface area contributed by atoms with Gasteiger partial charge in [0.15, 0.2) is 0 Å². The summed E-state index contributed by atoms with van der Waals surface area (Å²) < 4.78 is 93.4. The third kappa shape index (κ3) is 7.34. The van der Waals surface area contributed by atoms with Crippen LogP contribution in [0.15, 0.2) is 373 Å². The molecule has 0 atom stereocenters. The summed E-state index contributed by atoms with van der Waals surface area (Å²) in [5, 5.41) is 3.97. The van der Waals surface area contributed by atoms with Crippen molar-refractivity contribution in [2.24, 2.45) is 0 Å². The van der Waals surface area contributed by atoms with Gasteiger partial charge in [-0.3, -0.25) is 0 Å². The average molecular weight is 1400 g/mol. The minimum absolute atomic E-state index is 0.0134. The number of benzene rings is 17. The van der Waals surface area contributed by atoms with Gasteiger partial charge in [-0.15, -0.1) is 0 Å². The maximum Gasteiger partial charge on any atom is 0.252 e. The lowest BCUT2D eigenvalue weighted by Crippen LogP contribution is -2.61. The molecule has 6 heteroatoms. The van der Waals surface area contributed by atoms with Crippen LogP contribution in [0.3, 0.4) is 0 Å². The van der Waals surface area contributed by atoms with Crippen LogP contribution in [0.1, 0.15) is 55.5 Å². The highest BCUT2D eigenvalue weighted by atomic mass is 16.3. The molecule has 26 rings (SSSR count). The van der Waals surface area contributed by atoms with Crippen LogP contribution in [0.5, 0.6) is 0 Å². The second kappa shape index (κ2) is 21.3. The molecule has 20 aromatic rings. The van der Waals surface area contributed by atoms with Crippen LogP contribution in [0.25, 0.3) is 138 Å². The quantitative estimate of drug-likeness (QED) is 0.161. The van der Waals surface area contributed by atoms with E-state index in [1.54, 1.807) is 4.57 Å². The average Bonchev–Trinajstić information content (AvgIpc) is 1.48. The number of aromatic nitrogens is 1. The molecule has 6 aliphatic rings. The third-order valence-electron chi connectivity index (χ3n) is 25.2. The van der Waals surface area contributed by atoms with Crippen LogP contribution < -0.4 is 26.2 Å². The second-order valence-electron chi connectivity index (χ2n) is 30.1. The Kier molecular flexibility index (Phi) is 10.1. The number of anilines is 6. The number of rotatable bonds is 5. The van der Waals surface area contributed by atoms with Crippen molar-refractivity contribution in [3.63, 3.8) is 0 Å². The van der Waals surface area contributed by atoms with E-state index in [-0.39, 0.29) is 21.8 Å². The van der Waals surface area contributed by atoms with Gasteiger partial charge in [0.05, 0.1) is 49.9 Å². The highest BCUT2D eigenvalue weighted by molar-refractivity contribution is 7.00. The molecule has 17 aromatic carbocycles. The molecule has 0 fully saturated rings. The van der Waals surface area contributed by atoms with Gasteiger partial charge in [0.1, 0.15) is 22.3 Å². The van der Waals surface area contributed by atoms with Crippen LogP contribution in [0, 0.1) is 0 Å². The Morgan fingerprint density at radius 2 is 0.600 bits per heavy atom. The highest BCUT2D eigenvalue weighted by Gasteiger charge is 2.57. The van der Waals surface area contributed by atoms with Crippen LogP contribution in [-0.4, -0.2) is 11.3 Å². The molecule has 4 aliphatic carbocycles. The Hall–Kier alpha value is -14.2. The number of nitrogens with zero attached hydrogens (tertiary/aromatic N) is 3. The summed E-state index contributed by atoms with van der Waals surface area (Å²) in [7, 11) is 0. The summed E-state index contributed by atoms with van der Waals surface area (Å²) in [6.07, 6.45) is 0. The number of hydrogen-bond acceptors (Lipinski definition) is 4. The van der Waals surface area contributed by atoms with E-state index in [1.165, 1.54) is 0 Å². The molecule has 0 bridgehead atoms. The Labute approximate surface area is 645 Å². The lowest BCUT2D eigenvalue weighted by Gasteiger charge is -2.46. The Balaban J connectivity index is 0.857. The van der Waals surface area contributed by atoms with Crippen molar-refractivity contribution in [1.29, 1.82) is 0 Å². The standard InChI is InChI=1S/C104H60BN3O2/c1-11-35-80-66(23-1)67-24-2-12-36-81(67)103(80)84-39-15-5-27-70(84)76-33-21-43-90(100(76)103)107-92-57-63(61-49-53-98-78(55-61)74-31-9-19-45-96(74)109-98)47-51-86(92)105-87-52-48-64(62-50-54-99-79(56-62)75-32-10-20-46-97(75)110-99)58-93(87)108(95-60-65(59-94(107)102(95)105)106-88-41-17-7-29-72(88)73-30-8-18-42-89(73)106)91-44-22-34-77-71-28-6-16-40-85(71)104(101(77)91)82-37-13-3-25-68(82)69-26-4-14-38-83(69)104/h1-60H/i7D,8D,17D,18D,29D,30D,41D,42D. The largest absolute Gasteiger partial charge is 0.456 e. The highest BCUT2D eigenvalue weighted by Crippen LogP contribution is 2.68. The summed E-state index contributed by atoms with van der Waals surface area (Å²) in [6, 6.07) is 111. The summed E-state index contributed by atoms with van der Waals surface area (Å²) >= 11 is 0. The zero-order chi connectivity index (χ0) is 78.4. The zero-order valence-electron chi connectivity index (χ0n) is 66.8. The molecule has 0 N–H and O–H groups in total. The monoisotopic (exact) mass is 1400 g/mol. The van der Waals surface area contributed by atoms with Crippen LogP contribution in [-0.2, 0) is 10.8 Å². The molecule has 2 spiro atoms. The van der Waals surface area contributed by atoms with E-state index in [0.717, 1.165) is 206 Å². The molecule has 506 valence electrons. The Morgan fingerprint density at radius 3 is 1.02 bits per heavy atom. The van der Waals surface area contributed by atoms with Gasteiger partial charge in [-0.05, 0) is 201 Å². The van der Waals surface area contributed by atoms with Crippen molar-refractivity contribution in [3.05, 3.63) is 408 Å². The summed E-state index contributed by atoms with van der Waals surface area (Å²) in [4.78, 5) is 4.96. The van der Waals surface area contributed by atoms with E-state index in [1.807, 2.05) is 24.3 Å². The lowest BCUT2D eigenvalue weighted by molar-refractivity contribution is 0.668. The van der Waals surface area contributed by atoms with E-state index in [4.69, 9.17) is 8.83 Å². The number of furan rings is 2. The van der Waals surface area contributed by atoms with Crippen molar-refractivity contribution in [3.8, 4) is 72.4 Å². The molecule has 0 amide bonds. The fraction of sp³-hybridized carbons (Fsp3) is 0.0192. The van der Waals surface area contributed by atoms with Gasteiger partial charge < -0.3 is 23.2 Å². The van der Waals surface area contributed by atoms with Gasteiger partial charge in [0.2, 0.25) is 0 Å². The van der Waals surface area contributed by atoms with E-state index in [2.05, 4.69) is 301 Å². The first-order valence-corrected chi connectivity index (χ1v) is 37.7. The number of para-hydroxylation sites is 4. The number of hydrogen-bond donors (Lipinski definition) is 0. The second-order valence-corrected chi connectivity index (χ2v) is 30.1. The SMILES string of the molecule is [2H]c1c([2H])c([2H])c2c(c1[2H])c1c([2H])c([2H])c([2H])c([2H])c1n2-c1cc2c3c(c1)N(c1cccc4c1C1(c5ccccc5-c5ccccc51)c1ccccc1-4)c1cc(-c4ccc5oc6ccccc6c5c4)ccc1B3c1ccc(-c3ccc4oc5ccccc5c4c3)cc1N2c1cccc2c1C1(c3ccccc3-c3ccccc31)c1ccccc1-2. The van der Waals surface area contributed by atoms with Crippen molar-refractivity contribution in [1.82, 2.24) is 4.57 Å². The van der Waals surface area contributed by atoms with Gasteiger partial charge in [-0.25, -0.2) is 0 Å². The first-order chi connectivity index (χ1) is 57.9. The fourth-order valence-corrected chi connectivity index (χ4v) is 21.1. The summed E-state index contributed by atoms with van der Waals surface area (Å²) in [5.74, 6) is 0. The predicted octanol–water partition coefficient (Wildman–Crippen LogP) is 24.7. The van der Waals surface area contributed by atoms with E-state index in [0.29, 0.717) is 5.69 Å². The van der Waals surface area contributed by atoms with Crippen LogP contribution >= 0.6 is 0 Å². The molecule has 3 aromatic heterocycles. The molecule has 110 heavy (non-hydrogen) atoms. The van der Waals surface area contributed by atoms with Gasteiger partial charge in [0, 0.05) is 66.2 Å². The van der Waals surface area contributed by atoms with Crippen molar-refractivity contribution >= 4 is 123 Å². The first-order valence-electron chi connectivity index (χ1n) is 41.7. The molecule has 0 radical (unpaired) electrons. The molecular formula is C104H60BN3O2. The van der Waals surface area contributed by atoms with Crippen molar-refractivity contribution in [2.45, 2.75) is 10.8 Å². The molecule has 2 aliphatic heterocycles. The molecule has 5 nitrogen and oxygen atoms in total. The van der Waals surface area contributed by atoms with Crippen LogP contribution in [0.2, 0.25) is 0 Å². The minimum atomic E-state index is -0.892. The van der Waals surface area contributed by atoms with Gasteiger partial charge in [0.25, 0.3) is 6.71 Å². The Morgan fingerprint density at radius 1 is 0.264 bits per heavy atom. The smallest absolute Gasteiger partial charge is 0.252 e.